The predicted octanol–water partition coefficient (Wildman–Crippen LogP) is 5.71. The van der Waals surface area contributed by atoms with Crippen LogP contribution in [0.25, 0.3) is 17.3 Å². The molecule has 1 aliphatic heterocycles. The third-order valence-electron chi connectivity index (χ3n) is 6.08. The van der Waals surface area contributed by atoms with Gasteiger partial charge in [0.15, 0.2) is 0 Å². The Labute approximate surface area is 212 Å². The molecule has 0 bridgehead atoms. The summed E-state index contributed by atoms with van der Waals surface area (Å²) in [7, 11) is 1.58. The number of imide groups is 1. The predicted molar refractivity (Wildman–Crippen MR) is 135 cm³/mol. The maximum absolute atomic E-state index is 13.7. The van der Waals surface area contributed by atoms with Gasteiger partial charge in [-0.2, -0.15) is 5.10 Å². The van der Waals surface area contributed by atoms with Crippen LogP contribution in [0.3, 0.4) is 0 Å². The highest BCUT2D eigenvalue weighted by Crippen LogP contribution is 2.34. The zero-order valence-corrected chi connectivity index (χ0v) is 20.3. The molecule has 5 rings (SSSR count). The minimum absolute atomic E-state index is 0.106. The summed E-state index contributed by atoms with van der Waals surface area (Å²) >= 11 is 6.68. The van der Waals surface area contributed by atoms with E-state index >= 15 is 0 Å². The molecule has 2 heterocycles. The number of hydrogen-bond acceptors (Lipinski definition) is 4. The first-order valence-electron chi connectivity index (χ1n) is 11.2. The molecule has 0 aliphatic carbocycles. The number of carbonyl (C=O) groups is 2. The first-order valence-corrected chi connectivity index (χ1v) is 11.6. The molecule has 36 heavy (non-hydrogen) atoms. The molecule has 2 amide bonds. The summed E-state index contributed by atoms with van der Waals surface area (Å²) in [6, 6.07) is 20.0. The van der Waals surface area contributed by atoms with Crippen LogP contribution in [0.5, 0.6) is 5.75 Å². The van der Waals surface area contributed by atoms with Crippen LogP contribution in [0.15, 0.2) is 72.8 Å². The van der Waals surface area contributed by atoms with E-state index in [1.54, 1.807) is 68.6 Å². The second-order valence-electron chi connectivity index (χ2n) is 8.33. The van der Waals surface area contributed by atoms with Crippen LogP contribution in [0.2, 0.25) is 5.15 Å². The summed E-state index contributed by atoms with van der Waals surface area (Å²) in [5.74, 6) is -0.482. The van der Waals surface area contributed by atoms with Crippen molar-refractivity contribution >= 4 is 35.1 Å². The number of aryl methyl sites for hydroxylation is 1. The van der Waals surface area contributed by atoms with E-state index in [2.05, 4.69) is 5.10 Å². The highest BCUT2D eigenvalue weighted by atomic mass is 35.5. The number of methoxy groups -OCH3 is 1. The third-order valence-corrected chi connectivity index (χ3v) is 6.44. The van der Waals surface area contributed by atoms with E-state index in [4.69, 9.17) is 16.3 Å². The zero-order valence-electron chi connectivity index (χ0n) is 19.5. The number of carbonyl (C=O) groups excluding carboxylic acids is 2. The van der Waals surface area contributed by atoms with Gasteiger partial charge < -0.3 is 4.74 Å². The summed E-state index contributed by atoms with van der Waals surface area (Å²) in [6.07, 6.45) is 1.67. The number of rotatable bonds is 5. The van der Waals surface area contributed by atoms with E-state index in [9.17, 15) is 14.0 Å². The lowest BCUT2D eigenvalue weighted by atomic mass is 9.92. The minimum atomic E-state index is -0.431. The molecular weight excluding hydrogens is 481 g/mol. The third kappa shape index (κ3) is 4.18. The van der Waals surface area contributed by atoms with Gasteiger partial charge >= 0.3 is 0 Å². The van der Waals surface area contributed by atoms with Crippen LogP contribution in [0.4, 0.5) is 4.39 Å². The lowest BCUT2D eigenvalue weighted by Crippen LogP contribution is -2.41. The molecule has 4 aromatic rings. The van der Waals surface area contributed by atoms with Crippen molar-refractivity contribution in [2.45, 2.75) is 13.5 Å². The van der Waals surface area contributed by atoms with Gasteiger partial charge in [-0.15, -0.1) is 0 Å². The fraction of sp³-hybridized carbons (Fsp3) is 0.107. The quantitative estimate of drug-likeness (QED) is 0.260. The van der Waals surface area contributed by atoms with Crippen LogP contribution in [-0.2, 0) is 11.3 Å². The molecule has 8 heteroatoms. The standard InChI is InChI=1S/C28H21ClFN3O3/c1-17-24(26(29)33(31-17)20-11-9-19(30)10-12-20)15-25-22-5-3-4-6-23(22)27(34)32(28(25)35)16-18-7-13-21(36-2)14-8-18/h3-15H,16H2,1-2H3/b25-15+. The maximum atomic E-state index is 13.7. The average molecular weight is 502 g/mol. The Kier molecular flexibility index (Phi) is 6.16. The van der Waals surface area contributed by atoms with Gasteiger partial charge in [0.2, 0.25) is 0 Å². The molecule has 0 saturated carbocycles. The zero-order chi connectivity index (χ0) is 25.4. The molecule has 3 aromatic carbocycles. The molecule has 1 aliphatic rings. The van der Waals surface area contributed by atoms with E-state index in [0.717, 1.165) is 5.56 Å². The number of aromatic nitrogens is 2. The van der Waals surface area contributed by atoms with Gasteiger partial charge in [-0.25, -0.2) is 9.07 Å². The monoisotopic (exact) mass is 501 g/mol. The van der Waals surface area contributed by atoms with Crippen LogP contribution in [0.1, 0.15) is 32.7 Å². The second kappa shape index (κ2) is 9.43. The van der Waals surface area contributed by atoms with E-state index < -0.39 is 5.91 Å². The molecule has 0 spiro atoms. The first kappa shape index (κ1) is 23.5. The van der Waals surface area contributed by atoms with Crippen molar-refractivity contribution in [3.8, 4) is 11.4 Å². The summed E-state index contributed by atoms with van der Waals surface area (Å²) in [4.78, 5) is 28.2. The van der Waals surface area contributed by atoms with Crippen molar-refractivity contribution in [3.05, 3.63) is 112 Å². The van der Waals surface area contributed by atoms with Crippen LogP contribution in [0, 0.1) is 12.7 Å². The normalized spacial score (nSPS) is 14.3. The van der Waals surface area contributed by atoms with Gasteiger partial charge in [-0.05, 0) is 66.6 Å². The molecule has 0 N–H and O–H groups in total. The molecular formula is C28H21ClFN3O3. The Bertz CT molecular complexity index is 1510. The van der Waals surface area contributed by atoms with E-state index in [-0.39, 0.29) is 23.4 Å². The molecule has 0 saturated heterocycles. The average Bonchev–Trinajstić information content (AvgIpc) is 3.18. The summed E-state index contributed by atoms with van der Waals surface area (Å²) in [6.45, 7) is 1.88. The van der Waals surface area contributed by atoms with Crippen molar-refractivity contribution < 1.29 is 18.7 Å². The highest BCUT2D eigenvalue weighted by Gasteiger charge is 2.35. The topological polar surface area (TPSA) is 64.4 Å². The SMILES string of the molecule is COc1ccc(CN2C(=O)/C(=C/c3c(C)nn(-c4ccc(F)cc4)c3Cl)c3ccccc3C2=O)cc1. The second-order valence-corrected chi connectivity index (χ2v) is 8.68. The van der Waals surface area contributed by atoms with Gasteiger partial charge in [0.1, 0.15) is 16.7 Å². The number of nitrogens with zero attached hydrogens (tertiary/aromatic N) is 3. The van der Waals surface area contributed by atoms with Crippen molar-refractivity contribution in [2.75, 3.05) is 7.11 Å². The lowest BCUT2D eigenvalue weighted by molar-refractivity contribution is -0.123. The molecule has 0 radical (unpaired) electrons. The van der Waals surface area contributed by atoms with Crippen molar-refractivity contribution in [2.24, 2.45) is 0 Å². The van der Waals surface area contributed by atoms with E-state index in [0.29, 0.717) is 39.4 Å². The van der Waals surface area contributed by atoms with E-state index in [1.165, 1.54) is 21.7 Å². The fourth-order valence-electron chi connectivity index (χ4n) is 4.17. The molecule has 6 nitrogen and oxygen atoms in total. The number of amides is 2. The summed E-state index contributed by atoms with van der Waals surface area (Å²) in [5.41, 5.74) is 3.79. The Morgan fingerprint density at radius 3 is 2.28 bits per heavy atom. The Balaban J connectivity index is 1.58. The van der Waals surface area contributed by atoms with Crippen LogP contribution >= 0.6 is 11.6 Å². The smallest absolute Gasteiger partial charge is 0.261 e. The number of ether oxygens (including phenoxy) is 1. The largest absolute Gasteiger partial charge is 0.497 e. The number of benzene rings is 3. The van der Waals surface area contributed by atoms with Gasteiger partial charge in [0.25, 0.3) is 11.8 Å². The molecule has 1 aromatic heterocycles. The Morgan fingerprint density at radius 2 is 1.61 bits per heavy atom. The van der Waals surface area contributed by atoms with Crippen molar-refractivity contribution in [1.82, 2.24) is 14.7 Å². The number of fused-ring (bicyclic) bond motifs is 1. The van der Waals surface area contributed by atoms with Gasteiger partial charge in [0, 0.05) is 16.7 Å². The number of hydrogen-bond donors (Lipinski definition) is 0. The van der Waals surface area contributed by atoms with Gasteiger partial charge in [0.05, 0.1) is 25.0 Å². The Hall–Kier alpha value is -4.23. The number of halogens is 2. The lowest BCUT2D eigenvalue weighted by Gasteiger charge is -2.28. The van der Waals surface area contributed by atoms with Crippen molar-refractivity contribution in [1.29, 1.82) is 0 Å². The van der Waals surface area contributed by atoms with Crippen LogP contribution in [-0.4, -0.2) is 33.6 Å². The minimum Gasteiger partial charge on any atom is -0.497 e. The highest BCUT2D eigenvalue weighted by molar-refractivity contribution is 6.36. The first-order chi connectivity index (χ1) is 17.4. The van der Waals surface area contributed by atoms with E-state index in [1.807, 2.05) is 12.1 Å². The van der Waals surface area contributed by atoms with Crippen molar-refractivity contribution in [3.63, 3.8) is 0 Å². The van der Waals surface area contributed by atoms with Crippen LogP contribution < -0.4 is 4.74 Å². The molecule has 0 unspecified atom stereocenters. The molecule has 0 atom stereocenters. The molecule has 0 fully saturated rings. The van der Waals surface area contributed by atoms with Gasteiger partial charge in [-0.1, -0.05) is 41.9 Å². The maximum Gasteiger partial charge on any atom is 0.261 e. The molecule has 180 valence electrons. The Morgan fingerprint density at radius 1 is 0.944 bits per heavy atom. The fourth-order valence-corrected chi connectivity index (χ4v) is 4.50. The summed E-state index contributed by atoms with van der Waals surface area (Å²) < 4.78 is 20.1. The summed E-state index contributed by atoms with van der Waals surface area (Å²) in [5, 5.41) is 4.76. The van der Waals surface area contributed by atoms with Gasteiger partial charge in [-0.3, -0.25) is 14.5 Å².